The van der Waals surface area contributed by atoms with Crippen molar-refractivity contribution in [2.45, 2.75) is 6.42 Å². The predicted octanol–water partition coefficient (Wildman–Crippen LogP) is 4.62. The molecule has 0 aliphatic carbocycles. The molecule has 1 aliphatic rings. The first-order chi connectivity index (χ1) is 16.0. The molecule has 1 saturated heterocycles. The van der Waals surface area contributed by atoms with Crippen LogP contribution >= 0.6 is 0 Å². The molecule has 172 valence electrons. The third-order valence-corrected chi connectivity index (χ3v) is 5.77. The standard InChI is InChI=1S/C24H25F2N5O2/c25-19-2-6-21(7-3-19)30(22-8-4-20(26)5-9-22)13-1-12-28-14-16-29(17-15-28)24-11-10-23(18-27-24)31(32)33/h2-11,18H,1,12-17H2. The zero-order chi connectivity index (χ0) is 23.2. The van der Waals surface area contributed by atoms with Gasteiger partial charge in [0.15, 0.2) is 0 Å². The summed E-state index contributed by atoms with van der Waals surface area (Å²) in [5.41, 5.74) is 1.71. The summed E-state index contributed by atoms with van der Waals surface area (Å²) in [6.45, 7) is 4.92. The molecule has 1 fully saturated rings. The number of pyridine rings is 1. The summed E-state index contributed by atoms with van der Waals surface area (Å²) in [7, 11) is 0. The van der Waals surface area contributed by atoms with Crippen molar-refractivity contribution in [3.63, 3.8) is 0 Å². The van der Waals surface area contributed by atoms with Crippen molar-refractivity contribution in [2.24, 2.45) is 0 Å². The van der Waals surface area contributed by atoms with Crippen molar-refractivity contribution in [2.75, 3.05) is 49.1 Å². The van der Waals surface area contributed by atoms with Crippen LogP contribution in [0.1, 0.15) is 6.42 Å². The number of nitro groups is 1. The van der Waals surface area contributed by atoms with E-state index in [1.807, 2.05) is 0 Å². The Labute approximate surface area is 191 Å². The van der Waals surface area contributed by atoms with Crippen LogP contribution < -0.4 is 9.80 Å². The van der Waals surface area contributed by atoms with Gasteiger partial charge in [0.05, 0.1) is 4.92 Å². The summed E-state index contributed by atoms with van der Waals surface area (Å²) in [6.07, 6.45) is 2.17. The van der Waals surface area contributed by atoms with Crippen LogP contribution in [-0.2, 0) is 0 Å². The van der Waals surface area contributed by atoms with Crippen LogP contribution in [-0.4, -0.2) is 54.1 Å². The first kappa shape index (κ1) is 22.6. The monoisotopic (exact) mass is 453 g/mol. The summed E-state index contributed by atoms with van der Waals surface area (Å²) in [4.78, 5) is 21.1. The Balaban J connectivity index is 1.32. The number of anilines is 3. The molecule has 0 atom stereocenters. The number of aromatic nitrogens is 1. The predicted molar refractivity (Wildman–Crippen MR) is 124 cm³/mol. The van der Waals surface area contributed by atoms with Gasteiger partial charge < -0.3 is 9.80 Å². The van der Waals surface area contributed by atoms with Crippen LogP contribution in [0.2, 0.25) is 0 Å². The number of halogens is 2. The van der Waals surface area contributed by atoms with Gasteiger partial charge in [0.1, 0.15) is 23.6 Å². The molecule has 0 unspecified atom stereocenters. The lowest BCUT2D eigenvalue weighted by Gasteiger charge is -2.35. The van der Waals surface area contributed by atoms with Crippen molar-refractivity contribution in [1.82, 2.24) is 9.88 Å². The van der Waals surface area contributed by atoms with Gasteiger partial charge in [-0.3, -0.25) is 15.0 Å². The second kappa shape index (κ2) is 10.4. The minimum Gasteiger partial charge on any atom is -0.354 e. The SMILES string of the molecule is O=[N+]([O-])c1ccc(N2CCN(CCCN(c3ccc(F)cc3)c3ccc(F)cc3)CC2)nc1. The maximum absolute atomic E-state index is 13.4. The number of nitrogens with zero attached hydrogens (tertiary/aromatic N) is 5. The Hall–Kier alpha value is -3.59. The quantitative estimate of drug-likeness (QED) is 0.366. The summed E-state index contributed by atoms with van der Waals surface area (Å²) >= 11 is 0. The molecular weight excluding hydrogens is 428 g/mol. The summed E-state index contributed by atoms with van der Waals surface area (Å²) in [5.74, 6) is 0.162. The highest BCUT2D eigenvalue weighted by molar-refractivity contribution is 5.63. The van der Waals surface area contributed by atoms with Gasteiger partial charge in [0.2, 0.25) is 0 Å². The Morgan fingerprint density at radius 2 is 1.45 bits per heavy atom. The molecule has 1 aliphatic heterocycles. The van der Waals surface area contributed by atoms with E-state index < -0.39 is 4.92 Å². The average Bonchev–Trinajstić information content (AvgIpc) is 2.84. The van der Waals surface area contributed by atoms with E-state index in [0.29, 0.717) is 6.54 Å². The molecule has 2 aromatic carbocycles. The lowest BCUT2D eigenvalue weighted by atomic mass is 10.2. The van der Waals surface area contributed by atoms with E-state index in [1.54, 1.807) is 30.3 Å². The zero-order valence-corrected chi connectivity index (χ0v) is 18.1. The Morgan fingerprint density at radius 1 is 0.879 bits per heavy atom. The molecular formula is C24H25F2N5O2. The van der Waals surface area contributed by atoms with Gasteiger partial charge in [-0.25, -0.2) is 13.8 Å². The Morgan fingerprint density at radius 3 is 1.94 bits per heavy atom. The van der Waals surface area contributed by atoms with Crippen molar-refractivity contribution < 1.29 is 13.7 Å². The number of piperazine rings is 1. The van der Waals surface area contributed by atoms with Crippen LogP contribution in [0.15, 0.2) is 66.9 Å². The minimum atomic E-state index is -0.449. The maximum atomic E-state index is 13.4. The molecule has 0 amide bonds. The summed E-state index contributed by atoms with van der Waals surface area (Å²) < 4.78 is 26.8. The highest BCUT2D eigenvalue weighted by atomic mass is 19.1. The molecule has 2 heterocycles. The number of benzene rings is 2. The lowest BCUT2D eigenvalue weighted by molar-refractivity contribution is -0.385. The molecule has 0 saturated carbocycles. The number of hydrogen-bond acceptors (Lipinski definition) is 6. The van der Waals surface area contributed by atoms with Gasteiger partial charge in [-0.1, -0.05) is 0 Å². The summed E-state index contributed by atoms with van der Waals surface area (Å²) in [6, 6.07) is 15.8. The third kappa shape index (κ3) is 5.81. The van der Waals surface area contributed by atoms with Crippen molar-refractivity contribution in [3.8, 4) is 0 Å². The van der Waals surface area contributed by atoms with Crippen LogP contribution in [0.5, 0.6) is 0 Å². The topological polar surface area (TPSA) is 65.8 Å². The van der Waals surface area contributed by atoms with Gasteiger partial charge in [0.25, 0.3) is 5.69 Å². The van der Waals surface area contributed by atoms with Crippen molar-refractivity contribution >= 4 is 22.9 Å². The Bertz CT molecular complexity index is 1010. The zero-order valence-electron chi connectivity index (χ0n) is 18.1. The van der Waals surface area contributed by atoms with E-state index in [2.05, 4.69) is 19.7 Å². The van der Waals surface area contributed by atoms with E-state index >= 15 is 0 Å². The average molecular weight is 453 g/mol. The van der Waals surface area contributed by atoms with E-state index in [9.17, 15) is 18.9 Å². The van der Waals surface area contributed by atoms with E-state index in [0.717, 1.165) is 56.3 Å². The molecule has 1 aromatic heterocycles. The summed E-state index contributed by atoms with van der Waals surface area (Å²) in [5, 5.41) is 10.8. The highest BCUT2D eigenvalue weighted by Crippen LogP contribution is 2.26. The van der Waals surface area contributed by atoms with Crippen LogP contribution in [0, 0.1) is 21.7 Å². The first-order valence-corrected chi connectivity index (χ1v) is 10.9. The maximum Gasteiger partial charge on any atom is 0.287 e. The van der Waals surface area contributed by atoms with E-state index in [1.165, 1.54) is 36.5 Å². The number of hydrogen-bond donors (Lipinski definition) is 0. The molecule has 0 spiro atoms. The third-order valence-electron chi connectivity index (χ3n) is 5.77. The van der Waals surface area contributed by atoms with Crippen molar-refractivity contribution in [3.05, 3.63) is 88.6 Å². The fourth-order valence-electron chi connectivity index (χ4n) is 3.98. The largest absolute Gasteiger partial charge is 0.354 e. The van der Waals surface area contributed by atoms with Crippen molar-refractivity contribution in [1.29, 1.82) is 0 Å². The van der Waals surface area contributed by atoms with Gasteiger partial charge in [0, 0.05) is 50.2 Å². The molecule has 0 radical (unpaired) electrons. The second-order valence-corrected chi connectivity index (χ2v) is 7.92. The van der Waals surface area contributed by atoms with E-state index in [-0.39, 0.29) is 17.3 Å². The second-order valence-electron chi connectivity index (χ2n) is 7.92. The first-order valence-electron chi connectivity index (χ1n) is 10.9. The van der Waals surface area contributed by atoms with Gasteiger partial charge in [-0.2, -0.15) is 0 Å². The molecule has 4 rings (SSSR count). The van der Waals surface area contributed by atoms with Crippen LogP contribution in [0.3, 0.4) is 0 Å². The molecule has 33 heavy (non-hydrogen) atoms. The normalized spacial score (nSPS) is 14.3. The van der Waals surface area contributed by atoms with Crippen LogP contribution in [0.25, 0.3) is 0 Å². The fraction of sp³-hybridized carbons (Fsp3) is 0.292. The van der Waals surface area contributed by atoms with Gasteiger partial charge in [-0.05, 0) is 67.6 Å². The lowest BCUT2D eigenvalue weighted by Crippen LogP contribution is -2.47. The minimum absolute atomic E-state index is 0.00995. The van der Waals surface area contributed by atoms with Gasteiger partial charge in [-0.15, -0.1) is 0 Å². The van der Waals surface area contributed by atoms with Gasteiger partial charge >= 0.3 is 0 Å². The molecule has 0 bridgehead atoms. The fourth-order valence-corrected chi connectivity index (χ4v) is 3.98. The molecule has 9 heteroatoms. The highest BCUT2D eigenvalue weighted by Gasteiger charge is 2.19. The Kier molecular flexibility index (Phi) is 7.09. The van der Waals surface area contributed by atoms with Crippen LogP contribution in [0.4, 0.5) is 31.7 Å². The number of rotatable bonds is 8. The molecule has 0 N–H and O–H groups in total. The van der Waals surface area contributed by atoms with E-state index in [4.69, 9.17) is 0 Å². The smallest absolute Gasteiger partial charge is 0.287 e. The molecule has 7 nitrogen and oxygen atoms in total. The molecule has 3 aromatic rings.